The number of pyridine rings is 1. The number of aromatic amines is 1. The SMILES string of the molecule is O=c1cc(CN(Cc2ccco2)c2ccccc2)c2ccccc2[nH]1. The molecule has 4 aromatic rings. The molecule has 0 amide bonds. The topological polar surface area (TPSA) is 49.2 Å². The highest BCUT2D eigenvalue weighted by molar-refractivity contribution is 5.82. The molecule has 0 spiro atoms. The van der Waals surface area contributed by atoms with Crippen molar-refractivity contribution in [3.63, 3.8) is 0 Å². The maximum atomic E-state index is 12.0. The second kappa shape index (κ2) is 6.69. The van der Waals surface area contributed by atoms with Gasteiger partial charge in [0.25, 0.3) is 0 Å². The minimum atomic E-state index is -0.0836. The van der Waals surface area contributed by atoms with Crippen LogP contribution in [0.4, 0.5) is 5.69 Å². The molecule has 1 N–H and O–H groups in total. The van der Waals surface area contributed by atoms with E-state index >= 15 is 0 Å². The van der Waals surface area contributed by atoms with Crippen LogP contribution < -0.4 is 10.5 Å². The van der Waals surface area contributed by atoms with Crippen molar-refractivity contribution in [2.24, 2.45) is 0 Å². The summed E-state index contributed by atoms with van der Waals surface area (Å²) in [6, 6.07) is 23.6. The molecule has 124 valence electrons. The predicted molar refractivity (Wildman–Crippen MR) is 99.6 cm³/mol. The quantitative estimate of drug-likeness (QED) is 0.592. The molecule has 4 nitrogen and oxygen atoms in total. The average Bonchev–Trinajstić information content (AvgIpc) is 3.15. The van der Waals surface area contributed by atoms with Gasteiger partial charge in [-0.2, -0.15) is 0 Å². The van der Waals surface area contributed by atoms with Crippen LogP contribution in [-0.4, -0.2) is 4.98 Å². The molecule has 0 radical (unpaired) electrons. The van der Waals surface area contributed by atoms with Gasteiger partial charge in [0.1, 0.15) is 5.76 Å². The number of fused-ring (bicyclic) bond motifs is 1. The fourth-order valence-electron chi connectivity index (χ4n) is 3.08. The van der Waals surface area contributed by atoms with Crippen molar-refractivity contribution >= 4 is 16.6 Å². The van der Waals surface area contributed by atoms with Crippen LogP contribution in [0.5, 0.6) is 0 Å². The number of furan rings is 1. The van der Waals surface area contributed by atoms with Gasteiger partial charge < -0.3 is 14.3 Å². The molecule has 0 unspecified atom stereocenters. The first kappa shape index (κ1) is 15.3. The third-order valence-electron chi connectivity index (χ3n) is 4.25. The number of rotatable bonds is 5. The fourth-order valence-corrected chi connectivity index (χ4v) is 3.08. The zero-order valence-corrected chi connectivity index (χ0v) is 13.7. The first-order chi connectivity index (χ1) is 12.3. The second-order valence-corrected chi connectivity index (χ2v) is 5.98. The van der Waals surface area contributed by atoms with Gasteiger partial charge in [0, 0.05) is 29.2 Å². The predicted octanol–water partition coefficient (Wildman–Crippen LogP) is 4.33. The molecule has 4 rings (SSSR count). The summed E-state index contributed by atoms with van der Waals surface area (Å²) in [6.45, 7) is 1.26. The largest absolute Gasteiger partial charge is 0.467 e. The van der Waals surface area contributed by atoms with Crippen LogP contribution in [0, 0.1) is 0 Å². The van der Waals surface area contributed by atoms with Gasteiger partial charge in [-0.05, 0) is 35.9 Å². The first-order valence-corrected chi connectivity index (χ1v) is 8.23. The molecule has 4 heteroatoms. The molecule has 0 saturated heterocycles. The van der Waals surface area contributed by atoms with E-state index in [2.05, 4.69) is 22.0 Å². The van der Waals surface area contributed by atoms with Crippen molar-refractivity contribution in [1.29, 1.82) is 0 Å². The Hall–Kier alpha value is -3.27. The van der Waals surface area contributed by atoms with Gasteiger partial charge in [0.2, 0.25) is 5.56 Å². The van der Waals surface area contributed by atoms with Crippen molar-refractivity contribution in [2.45, 2.75) is 13.1 Å². The second-order valence-electron chi connectivity index (χ2n) is 5.98. The van der Waals surface area contributed by atoms with Gasteiger partial charge in [-0.3, -0.25) is 4.79 Å². The van der Waals surface area contributed by atoms with Crippen molar-refractivity contribution in [3.05, 3.63) is 101 Å². The van der Waals surface area contributed by atoms with Gasteiger partial charge in [0.15, 0.2) is 0 Å². The molecule has 0 fully saturated rings. The molecular formula is C21H18N2O2. The number of hydrogen-bond acceptors (Lipinski definition) is 3. The number of H-pyrrole nitrogens is 1. The van der Waals surface area contributed by atoms with Crippen LogP contribution in [0.25, 0.3) is 10.9 Å². The number of nitrogens with zero attached hydrogens (tertiary/aromatic N) is 1. The summed E-state index contributed by atoms with van der Waals surface area (Å²) in [7, 11) is 0. The summed E-state index contributed by atoms with van der Waals surface area (Å²) in [5.74, 6) is 0.887. The molecule has 0 saturated carbocycles. The monoisotopic (exact) mass is 330 g/mol. The standard InChI is InChI=1S/C21H18N2O2/c24-21-13-16(19-10-4-5-11-20(19)22-21)14-23(15-18-9-6-12-25-18)17-7-2-1-3-8-17/h1-13H,14-15H2,(H,22,24). The van der Waals surface area contributed by atoms with Crippen LogP contribution in [-0.2, 0) is 13.1 Å². The highest BCUT2D eigenvalue weighted by atomic mass is 16.3. The third kappa shape index (κ3) is 3.33. The van der Waals surface area contributed by atoms with E-state index in [1.165, 1.54) is 0 Å². The summed E-state index contributed by atoms with van der Waals surface area (Å²) in [6.07, 6.45) is 1.68. The summed E-state index contributed by atoms with van der Waals surface area (Å²) < 4.78 is 5.52. The summed E-state index contributed by atoms with van der Waals surface area (Å²) in [4.78, 5) is 17.2. The first-order valence-electron chi connectivity index (χ1n) is 8.23. The lowest BCUT2D eigenvalue weighted by atomic mass is 10.1. The Labute approximate surface area is 145 Å². The zero-order chi connectivity index (χ0) is 17.1. The van der Waals surface area contributed by atoms with Crippen molar-refractivity contribution < 1.29 is 4.42 Å². The number of anilines is 1. The molecule has 0 atom stereocenters. The number of para-hydroxylation sites is 2. The smallest absolute Gasteiger partial charge is 0.248 e. The zero-order valence-electron chi connectivity index (χ0n) is 13.7. The molecular weight excluding hydrogens is 312 g/mol. The van der Waals surface area contributed by atoms with Gasteiger partial charge in [-0.25, -0.2) is 0 Å². The number of nitrogens with one attached hydrogen (secondary N) is 1. The van der Waals surface area contributed by atoms with E-state index in [0.29, 0.717) is 13.1 Å². The summed E-state index contributed by atoms with van der Waals surface area (Å²) >= 11 is 0. The van der Waals surface area contributed by atoms with Gasteiger partial charge in [-0.1, -0.05) is 36.4 Å². The van der Waals surface area contributed by atoms with E-state index in [1.807, 2.05) is 54.6 Å². The van der Waals surface area contributed by atoms with Gasteiger partial charge in [-0.15, -0.1) is 0 Å². The van der Waals surface area contributed by atoms with Crippen LogP contribution in [0.1, 0.15) is 11.3 Å². The molecule has 2 heterocycles. The summed E-state index contributed by atoms with van der Waals surface area (Å²) in [5.41, 5.74) is 2.86. The minimum absolute atomic E-state index is 0.0836. The minimum Gasteiger partial charge on any atom is -0.467 e. The lowest BCUT2D eigenvalue weighted by Crippen LogP contribution is -2.23. The molecule has 25 heavy (non-hydrogen) atoms. The van der Waals surface area contributed by atoms with Crippen molar-refractivity contribution in [1.82, 2.24) is 4.98 Å². The van der Waals surface area contributed by atoms with Crippen molar-refractivity contribution in [2.75, 3.05) is 4.90 Å². The van der Waals surface area contributed by atoms with Crippen molar-refractivity contribution in [3.8, 4) is 0 Å². The van der Waals surface area contributed by atoms with E-state index in [9.17, 15) is 4.79 Å². The van der Waals surface area contributed by atoms with Crippen LogP contribution in [0.2, 0.25) is 0 Å². The fraction of sp³-hybridized carbons (Fsp3) is 0.0952. The molecule has 0 aliphatic heterocycles. The van der Waals surface area contributed by atoms with E-state index in [-0.39, 0.29) is 5.56 Å². The van der Waals surface area contributed by atoms with E-state index in [4.69, 9.17) is 4.42 Å². The maximum absolute atomic E-state index is 12.0. The maximum Gasteiger partial charge on any atom is 0.248 e. The number of hydrogen-bond donors (Lipinski definition) is 1. The molecule has 2 aromatic heterocycles. The molecule has 0 aliphatic rings. The molecule has 0 bridgehead atoms. The Morgan fingerprint density at radius 3 is 2.48 bits per heavy atom. The normalized spacial score (nSPS) is 10.9. The highest BCUT2D eigenvalue weighted by Gasteiger charge is 2.12. The Morgan fingerprint density at radius 2 is 1.68 bits per heavy atom. The van der Waals surface area contributed by atoms with Crippen LogP contribution in [0.15, 0.2) is 88.3 Å². The van der Waals surface area contributed by atoms with E-state index in [0.717, 1.165) is 27.9 Å². The van der Waals surface area contributed by atoms with E-state index in [1.54, 1.807) is 12.3 Å². The Morgan fingerprint density at radius 1 is 0.880 bits per heavy atom. The highest BCUT2D eigenvalue weighted by Crippen LogP contribution is 2.23. The van der Waals surface area contributed by atoms with Gasteiger partial charge in [0.05, 0.1) is 12.8 Å². The van der Waals surface area contributed by atoms with Crippen LogP contribution in [0.3, 0.4) is 0 Å². The van der Waals surface area contributed by atoms with E-state index < -0.39 is 0 Å². The lowest BCUT2D eigenvalue weighted by Gasteiger charge is -2.24. The lowest BCUT2D eigenvalue weighted by molar-refractivity contribution is 0.501. The molecule has 0 aliphatic carbocycles. The number of aromatic nitrogens is 1. The Balaban J connectivity index is 1.75. The Bertz CT molecular complexity index is 1020. The molecule has 2 aromatic carbocycles. The average molecular weight is 330 g/mol. The third-order valence-corrected chi connectivity index (χ3v) is 4.25. The Kier molecular flexibility index (Phi) is 4.09. The van der Waals surface area contributed by atoms with Gasteiger partial charge >= 0.3 is 0 Å². The van der Waals surface area contributed by atoms with Crippen LogP contribution >= 0.6 is 0 Å². The number of benzene rings is 2. The summed E-state index contributed by atoms with van der Waals surface area (Å²) in [5, 5.41) is 1.06.